The van der Waals surface area contributed by atoms with Crippen molar-refractivity contribution in [1.29, 1.82) is 0 Å². The summed E-state index contributed by atoms with van der Waals surface area (Å²) in [5, 5.41) is 5.23. The molecule has 2 rings (SSSR count). The van der Waals surface area contributed by atoms with Crippen molar-refractivity contribution in [2.24, 2.45) is 11.7 Å². The molecule has 0 fully saturated rings. The summed E-state index contributed by atoms with van der Waals surface area (Å²) in [7, 11) is 0. The van der Waals surface area contributed by atoms with Gasteiger partial charge in [0.15, 0.2) is 11.7 Å². The lowest BCUT2D eigenvalue weighted by Crippen LogP contribution is -2.46. The molecule has 0 bridgehead atoms. The summed E-state index contributed by atoms with van der Waals surface area (Å²) in [6.45, 7) is 5.35. The molecule has 0 saturated heterocycles. The van der Waals surface area contributed by atoms with Crippen molar-refractivity contribution in [2.45, 2.75) is 26.8 Å². The van der Waals surface area contributed by atoms with E-state index in [1.165, 1.54) is 0 Å². The third-order valence-electron chi connectivity index (χ3n) is 3.52. The van der Waals surface area contributed by atoms with E-state index in [1.54, 1.807) is 25.3 Å². The second-order valence-corrected chi connectivity index (χ2v) is 5.86. The highest BCUT2D eigenvalue weighted by molar-refractivity contribution is 5.95. The summed E-state index contributed by atoms with van der Waals surface area (Å²) >= 11 is 0. The highest BCUT2D eigenvalue weighted by Gasteiger charge is 2.17. The number of halogens is 1. The van der Waals surface area contributed by atoms with Crippen LogP contribution in [0.15, 0.2) is 34.9 Å². The van der Waals surface area contributed by atoms with Crippen molar-refractivity contribution in [1.82, 2.24) is 10.3 Å². The van der Waals surface area contributed by atoms with Gasteiger partial charge in [-0.15, -0.1) is 12.4 Å². The van der Waals surface area contributed by atoms with Crippen LogP contribution in [0.5, 0.6) is 0 Å². The molecule has 1 aromatic heterocycles. The van der Waals surface area contributed by atoms with E-state index in [1.807, 2.05) is 26.0 Å². The number of amides is 2. The average Bonchev–Trinajstić information content (AvgIpc) is 2.99. The van der Waals surface area contributed by atoms with E-state index in [0.717, 1.165) is 5.56 Å². The van der Waals surface area contributed by atoms with Gasteiger partial charge >= 0.3 is 0 Å². The fraction of sp³-hybridized carbons (Fsp3) is 0.353. The molecule has 136 valence electrons. The average molecular weight is 367 g/mol. The Hall–Kier alpha value is -2.38. The molecular formula is C17H23ClN4O3. The van der Waals surface area contributed by atoms with Gasteiger partial charge in [-0.3, -0.25) is 9.59 Å². The molecule has 0 aliphatic heterocycles. The second kappa shape index (κ2) is 9.19. The molecule has 8 heteroatoms. The van der Waals surface area contributed by atoms with Gasteiger partial charge in [0.05, 0.1) is 18.8 Å². The Morgan fingerprint density at radius 1 is 1.24 bits per heavy atom. The molecule has 1 atom stereocenters. The molecule has 0 radical (unpaired) electrons. The molecule has 0 aliphatic carbocycles. The molecule has 1 aromatic carbocycles. The van der Waals surface area contributed by atoms with Crippen LogP contribution in [0, 0.1) is 12.8 Å². The SMILES string of the molecule is Cc1ncc(-c2ccc(NC(=O)CNC(=O)[C@@H](N)C(C)C)cc2)o1.Cl. The lowest BCUT2D eigenvalue weighted by Gasteiger charge is -2.15. The maximum Gasteiger partial charge on any atom is 0.243 e. The number of hydrogen-bond acceptors (Lipinski definition) is 5. The molecule has 0 unspecified atom stereocenters. The van der Waals surface area contributed by atoms with Gasteiger partial charge in [0.25, 0.3) is 0 Å². The maximum atomic E-state index is 11.9. The first-order chi connectivity index (χ1) is 11.4. The summed E-state index contributed by atoms with van der Waals surface area (Å²) in [5.41, 5.74) is 7.21. The number of hydrogen-bond donors (Lipinski definition) is 3. The number of nitrogens with zero attached hydrogens (tertiary/aromatic N) is 1. The molecule has 2 aromatic rings. The zero-order chi connectivity index (χ0) is 17.7. The van der Waals surface area contributed by atoms with Crippen molar-refractivity contribution in [3.05, 3.63) is 36.4 Å². The van der Waals surface area contributed by atoms with Crippen LogP contribution >= 0.6 is 12.4 Å². The predicted octanol–water partition coefficient (Wildman–Crippen LogP) is 2.11. The second-order valence-electron chi connectivity index (χ2n) is 5.86. The first kappa shape index (κ1) is 20.7. The van der Waals surface area contributed by atoms with Gasteiger partial charge in [-0.2, -0.15) is 0 Å². The Bertz CT molecular complexity index is 713. The molecule has 2 amide bonds. The molecule has 0 spiro atoms. The summed E-state index contributed by atoms with van der Waals surface area (Å²) < 4.78 is 5.44. The van der Waals surface area contributed by atoms with Crippen LogP contribution in [0.3, 0.4) is 0 Å². The van der Waals surface area contributed by atoms with E-state index in [0.29, 0.717) is 17.3 Å². The first-order valence-corrected chi connectivity index (χ1v) is 7.73. The Morgan fingerprint density at radius 3 is 2.40 bits per heavy atom. The number of nitrogens with two attached hydrogens (primary N) is 1. The van der Waals surface area contributed by atoms with Crippen LogP contribution in [-0.4, -0.2) is 29.4 Å². The molecule has 0 aliphatic rings. The topological polar surface area (TPSA) is 110 Å². The summed E-state index contributed by atoms with van der Waals surface area (Å²) in [5.74, 6) is 0.622. The standard InChI is InChI=1S/C17H22N4O3.ClH/c1-10(2)16(18)17(23)20-9-15(22)21-13-6-4-12(5-7-13)14-8-19-11(3)24-14;/h4-8,10,16H,9,18H2,1-3H3,(H,20,23)(H,21,22);1H/t16-;/m0./s1. The first-order valence-electron chi connectivity index (χ1n) is 7.73. The fourth-order valence-electron chi connectivity index (χ4n) is 2.01. The molecule has 0 saturated carbocycles. The molecule has 1 heterocycles. The monoisotopic (exact) mass is 366 g/mol. The number of oxazole rings is 1. The fourth-order valence-corrected chi connectivity index (χ4v) is 2.01. The van der Waals surface area contributed by atoms with Crippen LogP contribution in [0.25, 0.3) is 11.3 Å². The van der Waals surface area contributed by atoms with E-state index >= 15 is 0 Å². The Balaban J connectivity index is 0.00000312. The van der Waals surface area contributed by atoms with Crippen LogP contribution in [-0.2, 0) is 9.59 Å². The number of aryl methyl sites for hydroxylation is 1. The number of carbonyl (C=O) groups is 2. The van der Waals surface area contributed by atoms with E-state index in [4.69, 9.17) is 10.2 Å². The van der Waals surface area contributed by atoms with Crippen LogP contribution in [0.4, 0.5) is 5.69 Å². The minimum atomic E-state index is -0.623. The van der Waals surface area contributed by atoms with Crippen molar-refractivity contribution in [3.8, 4) is 11.3 Å². The number of benzene rings is 1. The molecular weight excluding hydrogens is 344 g/mol. The number of rotatable bonds is 6. The summed E-state index contributed by atoms with van der Waals surface area (Å²) in [4.78, 5) is 27.6. The van der Waals surface area contributed by atoms with Crippen molar-refractivity contribution in [2.75, 3.05) is 11.9 Å². The van der Waals surface area contributed by atoms with Crippen molar-refractivity contribution >= 4 is 29.9 Å². The smallest absolute Gasteiger partial charge is 0.243 e. The Labute approximate surface area is 152 Å². The van der Waals surface area contributed by atoms with Gasteiger partial charge in [-0.25, -0.2) is 4.98 Å². The van der Waals surface area contributed by atoms with Crippen molar-refractivity contribution in [3.63, 3.8) is 0 Å². The predicted molar refractivity (Wildman–Crippen MR) is 98.4 cm³/mol. The minimum Gasteiger partial charge on any atom is -0.441 e. The third kappa shape index (κ3) is 5.88. The highest BCUT2D eigenvalue weighted by Crippen LogP contribution is 2.21. The van der Waals surface area contributed by atoms with Gasteiger partial charge in [0.1, 0.15) is 0 Å². The molecule has 4 N–H and O–H groups in total. The normalized spacial score (nSPS) is 11.6. The quantitative estimate of drug-likeness (QED) is 0.725. The number of anilines is 1. The summed E-state index contributed by atoms with van der Waals surface area (Å²) in [6, 6.07) is 6.54. The van der Waals surface area contributed by atoms with Crippen LogP contribution in [0.2, 0.25) is 0 Å². The van der Waals surface area contributed by atoms with Gasteiger partial charge in [-0.05, 0) is 30.2 Å². The Kier molecular flexibility index (Phi) is 7.60. The van der Waals surface area contributed by atoms with E-state index in [2.05, 4.69) is 15.6 Å². The number of nitrogens with one attached hydrogen (secondary N) is 2. The minimum absolute atomic E-state index is 0. The molecule has 25 heavy (non-hydrogen) atoms. The lowest BCUT2D eigenvalue weighted by molar-refractivity contribution is -0.125. The van der Waals surface area contributed by atoms with Gasteiger partial charge in [0, 0.05) is 18.2 Å². The van der Waals surface area contributed by atoms with Crippen molar-refractivity contribution < 1.29 is 14.0 Å². The lowest BCUT2D eigenvalue weighted by atomic mass is 10.1. The largest absolute Gasteiger partial charge is 0.441 e. The molecule has 7 nitrogen and oxygen atoms in total. The van der Waals surface area contributed by atoms with E-state index < -0.39 is 6.04 Å². The van der Waals surface area contributed by atoms with Gasteiger partial charge < -0.3 is 20.8 Å². The number of carbonyl (C=O) groups excluding carboxylic acids is 2. The Morgan fingerprint density at radius 2 is 1.88 bits per heavy atom. The van der Waals surface area contributed by atoms with Crippen LogP contribution < -0.4 is 16.4 Å². The third-order valence-corrected chi connectivity index (χ3v) is 3.52. The van der Waals surface area contributed by atoms with E-state index in [-0.39, 0.29) is 36.7 Å². The zero-order valence-electron chi connectivity index (χ0n) is 14.4. The van der Waals surface area contributed by atoms with E-state index in [9.17, 15) is 9.59 Å². The van der Waals surface area contributed by atoms with Gasteiger partial charge in [-0.1, -0.05) is 13.8 Å². The maximum absolute atomic E-state index is 11.9. The number of aromatic nitrogens is 1. The highest BCUT2D eigenvalue weighted by atomic mass is 35.5. The zero-order valence-corrected chi connectivity index (χ0v) is 15.2. The summed E-state index contributed by atoms with van der Waals surface area (Å²) in [6.07, 6.45) is 1.65. The van der Waals surface area contributed by atoms with Crippen LogP contribution in [0.1, 0.15) is 19.7 Å². The van der Waals surface area contributed by atoms with Gasteiger partial charge in [0.2, 0.25) is 11.8 Å².